The lowest BCUT2D eigenvalue weighted by atomic mass is 10.0. The molecule has 90 valence electrons. The highest BCUT2D eigenvalue weighted by atomic mass is 16.5. The molecule has 0 aromatic heterocycles. The highest BCUT2D eigenvalue weighted by Gasteiger charge is 2.13. The molecule has 0 aliphatic heterocycles. The molecule has 0 saturated heterocycles. The SMILES string of the molecule is COc1ccc2c(c1)CC(Cc1ccccc1)=C2. The molecule has 1 aliphatic carbocycles. The molecule has 0 fully saturated rings. The van der Waals surface area contributed by atoms with Crippen LogP contribution in [0.25, 0.3) is 6.08 Å². The summed E-state index contributed by atoms with van der Waals surface area (Å²) in [5.74, 6) is 0.947. The number of allylic oxidation sites excluding steroid dienone is 1. The highest BCUT2D eigenvalue weighted by Crippen LogP contribution is 2.29. The first-order valence-corrected chi connectivity index (χ1v) is 6.25. The second-order valence-electron chi connectivity index (χ2n) is 4.71. The summed E-state index contributed by atoms with van der Waals surface area (Å²) in [7, 11) is 1.72. The predicted molar refractivity (Wildman–Crippen MR) is 74.8 cm³/mol. The molecule has 0 N–H and O–H groups in total. The van der Waals surface area contributed by atoms with Gasteiger partial charge in [-0.05, 0) is 41.7 Å². The van der Waals surface area contributed by atoms with Crippen molar-refractivity contribution in [3.8, 4) is 5.75 Å². The Morgan fingerprint density at radius 3 is 2.67 bits per heavy atom. The van der Waals surface area contributed by atoms with Crippen molar-refractivity contribution in [3.05, 3.63) is 70.8 Å². The summed E-state index contributed by atoms with van der Waals surface area (Å²) in [4.78, 5) is 0. The number of benzene rings is 2. The molecule has 1 nitrogen and oxygen atoms in total. The number of ether oxygens (including phenoxy) is 1. The van der Waals surface area contributed by atoms with E-state index in [-0.39, 0.29) is 0 Å². The first-order valence-electron chi connectivity index (χ1n) is 6.25. The molecule has 3 rings (SSSR count). The molecular weight excluding hydrogens is 220 g/mol. The Hall–Kier alpha value is -2.02. The molecule has 2 aromatic carbocycles. The van der Waals surface area contributed by atoms with Crippen LogP contribution < -0.4 is 4.74 Å². The van der Waals surface area contributed by atoms with Crippen LogP contribution in [-0.2, 0) is 12.8 Å². The van der Waals surface area contributed by atoms with Crippen molar-refractivity contribution >= 4 is 6.08 Å². The number of hydrogen-bond donors (Lipinski definition) is 0. The fourth-order valence-corrected chi connectivity index (χ4v) is 2.49. The molecule has 0 spiro atoms. The van der Waals surface area contributed by atoms with Crippen LogP contribution in [0.5, 0.6) is 5.75 Å². The summed E-state index contributed by atoms with van der Waals surface area (Å²) < 4.78 is 5.27. The maximum Gasteiger partial charge on any atom is 0.119 e. The van der Waals surface area contributed by atoms with Gasteiger partial charge in [0.2, 0.25) is 0 Å². The predicted octanol–water partition coefficient (Wildman–Crippen LogP) is 3.88. The third-order valence-corrected chi connectivity index (χ3v) is 3.40. The molecule has 1 aliphatic rings. The van der Waals surface area contributed by atoms with Gasteiger partial charge in [0.1, 0.15) is 5.75 Å². The molecule has 0 saturated carbocycles. The summed E-state index contributed by atoms with van der Waals surface area (Å²) >= 11 is 0. The quantitative estimate of drug-likeness (QED) is 0.786. The number of hydrogen-bond acceptors (Lipinski definition) is 1. The van der Waals surface area contributed by atoms with E-state index in [1.54, 1.807) is 7.11 Å². The van der Waals surface area contributed by atoms with Crippen molar-refractivity contribution in [3.63, 3.8) is 0 Å². The van der Waals surface area contributed by atoms with Crippen LogP contribution in [0.15, 0.2) is 54.1 Å². The lowest BCUT2D eigenvalue weighted by Gasteiger charge is -2.04. The Bertz CT molecular complexity index is 582. The molecule has 0 unspecified atom stereocenters. The molecule has 0 radical (unpaired) electrons. The average Bonchev–Trinajstić information content (AvgIpc) is 2.80. The molecule has 0 amide bonds. The fourth-order valence-electron chi connectivity index (χ4n) is 2.49. The fraction of sp³-hybridized carbons (Fsp3) is 0.176. The van der Waals surface area contributed by atoms with E-state index < -0.39 is 0 Å². The summed E-state index contributed by atoms with van der Waals surface area (Å²) in [5.41, 5.74) is 5.56. The van der Waals surface area contributed by atoms with Crippen molar-refractivity contribution in [2.24, 2.45) is 0 Å². The van der Waals surface area contributed by atoms with Gasteiger partial charge in [-0.2, -0.15) is 0 Å². The molecule has 1 heteroatoms. The third-order valence-electron chi connectivity index (χ3n) is 3.40. The van der Waals surface area contributed by atoms with Gasteiger partial charge < -0.3 is 4.74 Å². The van der Waals surface area contributed by atoms with Crippen LogP contribution in [0.4, 0.5) is 0 Å². The van der Waals surface area contributed by atoms with Crippen LogP contribution in [0.3, 0.4) is 0 Å². The lowest BCUT2D eigenvalue weighted by molar-refractivity contribution is 0.414. The van der Waals surface area contributed by atoms with E-state index in [0.717, 1.165) is 18.6 Å². The van der Waals surface area contributed by atoms with E-state index in [0.29, 0.717) is 0 Å². The Morgan fingerprint density at radius 1 is 1.06 bits per heavy atom. The van der Waals surface area contributed by atoms with Gasteiger partial charge in [-0.25, -0.2) is 0 Å². The zero-order chi connectivity index (χ0) is 12.4. The van der Waals surface area contributed by atoms with Crippen molar-refractivity contribution in [2.75, 3.05) is 7.11 Å². The zero-order valence-electron chi connectivity index (χ0n) is 10.5. The first kappa shape index (κ1) is 11.1. The summed E-state index contributed by atoms with van der Waals surface area (Å²) in [6.45, 7) is 0. The minimum atomic E-state index is 0.947. The standard InChI is InChI=1S/C17H16O/c1-18-17-8-7-15-10-14(11-16(15)12-17)9-13-5-3-2-4-6-13/h2-8,10,12H,9,11H2,1H3. The van der Waals surface area contributed by atoms with Gasteiger partial charge in [-0.1, -0.05) is 48.0 Å². The van der Waals surface area contributed by atoms with Gasteiger partial charge in [0.15, 0.2) is 0 Å². The maximum absolute atomic E-state index is 5.27. The van der Waals surface area contributed by atoms with Crippen molar-refractivity contribution < 1.29 is 4.74 Å². The normalized spacial score (nSPS) is 13.1. The summed E-state index contributed by atoms with van der Waals surface area (Å²) in [6, 6.07) is 16.9. The second kappa shape index (κ2) is 4.69. The monoisotopic (exact) mass is 236 g/mol. The number of rotatable bonds is 3. The van der Waals surface area contributed by atoms with Gasteiger partial charge in [0.25, 0.3) is 0 Å². The largest absolute Gasteiger partial charge is 0.497 e. The van der Waals surface area contributed by atoms with Crippen molar-refractivity contribution in [2.45, 2.75) is 12.8 Å². The molecule has 0 heterocycles. The van der Waals surface area contributed by atoms with E-state index in [4.69, 9.17) is 4.74 Å². The summed E-state index contributed by atoms with van der Waals surface area (Å²) in [6.07, 6.45) is 4.39. The van der Waals surface area contributed by atoms with Crippen LogP contribution in [0, 0.1) is 0 Å². The number of fused-ring (bicyclic) bond motifs is 1. The van der Waals surface area contributed by atoms with Crippen LogP contribution in [0.1, 0.15) is 16.7 Å². The van der Waals surface area contributed by atoms with E-state index >= 15 is 0 Å². The van der Waals surface area contributed by atoms with Crippen molar-refractivity contribution in [1.82, 2.24) is 0 Å². The van der Waals surface area contributed by atoms with E-state index in [2.05, 4.69) is 48.5 Å². The van der Waals surface area contributed by atoms with Gasteiger partial charge in [-0.3, -0.25) is 0 Å². The summed E-state index contributed by atoms with van der Waals surface area (Å²) in [5, 5.41) is 0. The molecular formula is C17H16O. The average molecular weight is 236 g/mol. The Labute approximate surface area is 108 Å². The van der Waals surface area contributed by atoms with Crippen LogP contribution >= 0.6 is 0 Å². The van der Waals surface area contributed by atoms with Gasteiger partial charge >= 0.3 is 0 Å². The molecule has 0 bridgehead atoms. The first-order chi connectivity index (χ1) is 8.85. The Balaban J connectivity index is 1.79. The van der Waals surface area contributed by atoms with Crippen LogP contribution in [-0.4, -0.2) is 7.11 Å². The van der Waals surface area contributed by atoms with Gasteiger partial charge in [0, 0.05) is 0 Å². The molecule has 0 atom stereocenters. The smallest absolute Gasteiger partial charge is 0.119 e. The Morgan fingerprint density at radius 2 is 1.89 bits per heavy atom. The van der Waals surface area contributed by atoms with Gasteiger partial charge in [0.05, 0.1) is 7.11 Å². The molecule has 18 heavy (non-hydrogen) atoms. The van der Waals surface area contributed by atoms with Crippen LogP contribution in [0.2, 0.25) is 0 Å². The van der Waals surface area contributed by atoms with Crippen molar-refractivity contribution in [1.29, 1.82) is 0 Å². The minimum absolute atomic E-state index is 0.947. The van der Waals surface area contributed by atoms with Gasteiger partial charge in [-0.15, -0.1) is 0 Å². The third kappa shape index (κ3) is 2.17. The molecule has 2 aromatic rings. The highest BCUT2D eigenvalue weighted by molar-refractivity contribution is 5.65. The van der Waals surface area contributed by atoms with E-state index in [1.807, 2.05) is 6.07 Å². The van der Waals surface area contributed by atoms with E-state index in [9.17, 15) is 0 Å². The second-order valence-corrected chi connectivity index (χ2v) is 4.71. The minimum Gasteiger partial charge on any atom is -0.497 e. The maximum atomic E-state index is 5.27. The topological polar surface area (TPSA) is 9.23 Å². The van der Waals surface area contributed by atoms with E-state index in [1.165, 1.54) is 22.3 Å². The number of methoxy groups -OCH3 is 1. The lowest BCUT2D eigenvalue weighted by Crippen LogP contribution is -1.91. The Kier molecular flexibility index (Phi) is 2.89. The zero-order valence-corrected chi connectivity index (χ0v) is 10.5.